The van der Waals surface area contributed by atoms with Crippen LogP contribution >= 0.6 is 0 Å². The molecular formula is C22H19F2N3O3S. The number of hydrogen-bond acceptors (Lipinski definition) is 4. The van der Waals surface area contributed by atoms with E-state index in [1.165, 1.54) is 71.3 Å². The Kier molecular flexibility index (Phi) is 5.90. The van der Waals surface area contributed by atoms with Crippen molar-refractivity contribution in [2.45, 2.75) is 17.4 Å². The molecule has 4 rings (SSSR count). The molecule has 9 heteroatoms. The third-order valence-corrected chi connectivity index (χ3v) is 7.07. The van der Waals surface area contributed by atoms with Crippen molar-refractivity contribution < 1.29 is 22.3 Å². The van der Waals surface area contributed by atoms with Crippen LogP contribution in [-0.4, -0.2) is 26.3 Å². The fourth-order valence-corrected chi connectivity index (χ4v) is 5.33. The third-order valence-electron chi connectivity index (χ3n) is 5.21. The summed E-state index contributed by atoms with van der Waals surface area (Å²) in [6, 6.07) is 13.3. The Morgan fingerprint density at radius 3 is 2.55 bits per heavy atom. The highest BCUT2D eigenvalue weighted by Gasteiger charge is 2.47. The second-order valence-corrected chi connectivity index (χ2v) is 9.15. The maximum atomic E-state index is 13.4. The van der Waals surface area contributed by atoms with Crippen LogP contribution in [0.25, 0.3) is 0 Å². The van der Waals surface area contributed by atoms with Crippen molar-refractivity contribution in [2.75, 3.05) is 11.9 Å². The molecule has 2 aromatic carbocycles. The third kappa shape index (κ3) is 4.53. The van der Waals surface area contributed by atoms with E-state index in [1.807, 2.05) is 0 Å². The maximum Gasteiger partial charge on any atom is 0.229 e. The van der Waals surface area contributed by atoms with Gasteiger partial charge in [-0.05, 0) is 54.4 Å². The topological polar surface area (TPSA) is 85.4 Å². The summed E-state index contributed by atoms with van der Waals surface area (Å²) >= 11 is 0. The van der Waals surface area contributed by atoms with Gasteiger partial charge >= 0.3 is 0 Å². The van der Waals surface area contributed by atoms with Crippen molar-refractivity contribution in [1.29, 1.82) is 0 Å². The molecule has 0 aliphatic carbocycles. The Hall–Kier alpha value is -3.01. The Morgan fingerprint density at radius 2 is 1.87 bits per heavy atom. The predicted molar refractivity (Wildman–Crippen MR) is 110 cm³/mol. The number of rotatable bonds is 5. The molecule has 1 aromatic heterocycles. The maximum absolute atomic E-state index is 13.4. The lowest BCUT2D eigenvalue weighted by Crippen LogP contribution is -2.37. The number of benzene rings is 2. The van der Waals surface area contributed by atoms with Crippen molar-refractivity contribution in [1.82, 2.24) is 9.29 Å². The second-order valence-electron chi connectivity index (χ2n) is 7.26. The molecular weight excluding hydrogens is 424 g/mol. The van der Waals surface area contributed by atoms with Crippen molar-refractivity contribution in [2.24, 2.45) is 5.92 Å². The first-order valence-electron chi connectivity index (χ1n) is 9.58. The average molecular weight is 443 g/mol. The number of carbonyl (C=O) groups is 1. The molecule has 1 aliphatic rings. The zero-order valence-electron chi connectivity index (χ0n) is 16.3. The van der Waals surface area contributed by atoms with E-state index in [2.05, 4.69) is 10.3 Å². The summed E-state index contributed by atoms with van der Waals surface area (Å²) in [7, 11) is -3.96. The van der Waals surface area contributed by atoms with Crippen LogP contribution in [0.4, 0.5) is 14.5 Å². The average Bonchev–Trinajstić information content (AvgIpc) is 3.21. The van der Waals surface area contributed by atoms with E-state index in [9.17, 15) is 22.3 Å². The van der Waals surface area contributed by atoms with Gasteiger partial charge in [-0.1, -0.05) is 22.4 Å². The van der Waals surface area contributed by atoms with Gasteiger partial charge in [0.15, 0.2) is 15.3 Å². The molecule has 1 fully saturated rings. The predicted octanol–water partition coefficient (Wildman–Crippen LogP) is 3.97. The number of pyridine rings is 1. The molecule has 0 spiro atoms. The minimum Gasteiger partial charge on any atom is -0.593 e. The lowest BCUT2D eigenvalue weighted by atomic mass is 9.99. The fourth-order valence-electron chi connectivity index (χ4n) is 3.69. The molecule has 1 saturated heterocycles. The molecule has 1 aliphatic heterocycles. The van der Waals surface area contributed by atoms with Crippen LogP contribution < -0.4 is 5.32 Å². The second kappa shape index (κ2) is 8.62. The number of hydrogen-bond donors (Lipinski definition) is 1. The van der Waals surface area contributed by atoms with Crippen molar-refractivity contribution in [3.8, 4) is 0 Å². The van der Waals surface area contributed by atoms with Gasteiger partial charge in [-0.3, -0.25) is 9.78 Å². The smallest absolute Gasteiger partial charge is 0.229 e. The molecule has 1 amide bonds. The van der Waals surface area contributed by atoms with Crippen LogP contribution in [0.1, 0.15) is 18.0 Å². The number of anilines is 1. The van der Waals surface area contributed by atoms with E-state index in [4.69, 9.17) is 0 Å². The molecule has 160 valence electrons. The Labute approximate surface area is 179 Å². The van der Waals surface area contributed by atoms with Gasteiger partial charge in [0.2, 0.25) is 5.91 Å². The molecule has 1 unspecified atom stereocenters. The highest BCUT2D eigenvalue weighted by atomic mass is 32.3. The summed E-state index contributed by atoms with van der Waals surface area (Å²) in [5, 5.41) is 2.64. The summed E-state index contributed by atoms with van der Waals surface area (Å²) in [4.78, 5) is 16.7. The van der Waals surface area contributed by atoms with Crippen molar-refractivity contribution in [3.63, 3.8) is 0 Å². The Morgan fingerprint density at radius 1 is 1.10 bits per heavy atom. The molecule has 3 atom stereocenters. The monoisotopic (exact) mass is 443 g/mol. The van der Waals surface area contributed by atoms with Crippen molar-refractivity contribution >= 4 is 22.0 Å². The van der Waals surface area contributed by atoms with Crippen LogP contribution in [0.2, 0.25) is 0 Å². The first kappa shape index (κ1) is 21.2. The van der Waals surface area contributed by atoms with Crippen LogP contribution in [0.15, 0.2) is 78.0 Å². The van der Waals surface area contributed by atoms with Crippen LogP contribution in [0.5, 0.6) is 0 Å². The molecule has 3 aromatic rings. The summed E-state index contributed by atoms with van der Waals surface area (Å²) in [5.41, 5.74) is 0.867. The van der Waals surface area contributed by atoms with Crippen LogP contribution in [0.3, 0.4) is 0 Å². The van der Waals surface area contributed by atoms with Gasteiger partial charge in [0, 0.05) is 11.9 Å². The Bertz CT molecular complexity index is 1130. The SMILES string of the molecule is O=C(Nc1cccc(F)c1)[C@@H]1C[C@@H](c2ccc(F)cc2)N([S+](=O)([O-])c2cccnc2)C1. The summed E-state index contributed by atoms with van der Waals surface area (Å²) in [5.74, 6) is -2.02. The van der Waals surface area contributed by atoms with E-state index in [0.29, 0.717) is 5.56 Å². The molecule has 0 radical (unpaired) electrons. The lowest BCUT2D eigenvalue weighted by Gasteiger charge is -2.28. The van der Waals surface area contributed by atoms with Crippen molar-refractivity contribution in [3.05, 3.63) is 90.3 Å². The summed E-state index contributed by atoms with van der Waals surface area (Å²) in [6.07, 6.45) is 2.92. The highest BCUT2D eigenvalue weighted by molar-refractivity contribution is 7.95. The van der Waals surface area contributed by atoms with Gasteiger partial charge in [-0.15, -0.1) is 4.31 Å². The van der Waals surface area contributed by atoms with E-state index >= 15 is 0 Å². The number of amides is 1. The van der Waals surface area contributed by atoms with E-state index < -0.39 is 39.9 Å². The lowest BCUT2D eigenvalue weighted by molar-refractivity contribution is -0.119. The molecule has 1 N–H and O–H groups in total. The first-order chi connectivity index (χ1) is 14.8. The van der Waals surface area contributed by atoms with Crippen LogP contribution in [0, 0.1) is 17.6 Å². The summed E-state index contributed by atoms with van der Waals surface area (Å²) in [6.45, 7) is -0.0690. The number of nitrogens with zero attached hydrogens (tertiary/aromatic N) is 2. The highest BCUT2D eigenvalue weighted by Crippen LogP contribution is 2.41. The number of nitrogens with one attached hydrogen (secondary N) is 1. The Balaban J connectivity index is 1.64. The largest absolute Gasteiger partial charge is 0.593 e. The van der Waals surface area contributed by atoms with E-state index in [1.54, 1.807) is 6.07 Å². The minimum absolute atomic E-state index is 0.00769. The quantitative estimate of drug-likeness (QED) is 0.605. The van der Waals surface area contributed by atoms with Gasteiger partial charge < -0.3 is 9.87 Å². The van der Waals surface area contributed by atoms with Gasteiger partial charge in [0.05, 0.1) is 24.7 Å². The zero-order valence-corrected chi connectivity index (χ0v) is 17.1. The standard InChI is InChI=1S/C22H19F2N3O3S/c23-17-8-6-15(7-9-17)21-11-16(22(28)26-19-4-1-3-18(24)12-19)14-27(21)31(29,30)20-5-2-10-25-13-20/h1-10,12-13,16,21H,11,14H2,(H-,26,28,29,30)/t16-,21+/m1/s1. The van der Waals surface area contributed by atoms with Gasteiger partial charge in [-0.2, -0.15) is 0 Å². The fraction of sp³-hybridized carbons (Fsp3) is 0.182. The molecule has 6 nitrogen and oxygen atoms in total. The normalized spacial score (nSPS) is 20.9. The van der Waals surface area contributed by atoms with Gasteiger partial charge in [0.1, 0.15) is 11.6 Å². The first-order valence-corrected chi connectivity index (χ1v) is 11.0. The summed E-state index contributed by atoms with van der Waals surface area (Å²) < 4.78 is 54.7. The zero-order chi connectivity index (χ0) is 22.0. The molecule has 0 saturated carbocycles. The van der Waals surface area contributed by atoms with Gasteiger partial charge in [0.25, 0.3) is 0 Å². The minimum atomic E-state index is -3.96. The van der Waals surface area contributed by atoms with Gasteiger partial charge in [-0.25, -0.2) is 8.78 Å². The molecule has 31 heavy (non-hydrogen) atoms. The van der Waals surface area contributed by atoms with Crippen LogP contribution in [-0.2, 0) is 19.4 Å². The number of halogens is 2. The molecule has 0 bridgehead atoms. The number of carbonyl (C=O) groups excluding carboxylic acids is 1. The number of aromatic nitrogens is 1. The molecule has 2 heterocycles. The van der Waals surface area contributed by atoms with E-state index in [0.717, 1.165) is 0 Å². The van der Waals surface area contributed by atoms with E-state index in [-0.39, 0.29) is 23.5 Å². The number of sulfonamides is 1.